The predicted octanol–water partition coefficient (Wildman–Crippen LogP) is 3.27. The Morgan fingerprint density at radius 1 is 1.20 bits per heavy atom. The van der Waals surface area contributed by atoms with Crippen molar-refractivity contribution in [1.82, 2.24) is 14.9 Å². The Morgan fingerprint density at radius 3 is 3.00 bits per heavy atom. The first-order chi connectivity index (χ1) is 12.3. The van der Waals surface area contributed by atoms with Crippen molar-refractivity contribution in [2.45, 2.75) is 12.6 Å². The molecule has 0 spiro atoms. The van der Waals surface area contributed by atoms with E-state index in [4.69, 9.17) is 13.9 Å². The van der Waals surface area contributed by atoms with E-state index >= 15 is 0 Å². The molecule has 3 aromatic rings. The Labute approximate surface area is 153 Å². The van der Waals surface area contributed by atoms with E-state index in [0.717, 1.165) is 41.0 Å². The maximum Gasteiger partial charge on any atom is 0.224 e. The summed E-state index contributed by atoms with van der Waals surface area (Å²) in [6.07, 6.45) is 1.53. The first kappa shape index (κ1) is 16.5. The Morgan fingerprint density at radius 2 is 2.12 bits per heavy atom. The normalized spacial score (nSPS) is 18.5. The molecule has 3 heterocycles. The van der Waals surface area contributed by atoms with E-state index in [-0.39, 0.29) is 6.10 Å². The van der Waals surface area contributed by atoms with Crippen LogP contribution in [-0.4, -0.2) is 47.3 Å². The number of aromatic nitrogens is 2. The van der Waals surface area contributed by atoms with Crippen LogP contribution < -0.4 is 4.74 Å². The number of benzene rings is 1. The zero-order valence-electron chi connectivity index (χ0n) is 13.6. The second-order valence-electron chi connectivity index (χ2n) is 5.94. The summed E-state index contributed by atoms with van der Waals surface area (Å²) in [7, 11) is 0. The summed E-state index contributed by atoms with van der Waals surface area (Å²) in [5, 5.41) is 0.915. The van der Waals surface area contributed by atoms with Crippen LogP contribution in [0.15, 0.2) is 51.8 Å². The number of hydrogen-bond acceptors (Lipinski definition) is 6. The molecule has 0 amide bonds. The van der Waals surface area contributed by atoms with Crippen molar-refractivity contribution in [2.75, 3.05) is 26.3 Å². The third-order valence-electron chi connectivity index (χ3n) is 4.14. The highest BCUT2D eigenvalue weighted by molar-refractivity contribution is 9.10. The van der Waals surface area contributed by atoms with E-state index in [1.807, 2.05) is 36.4 Å². The molecule has 6 nitrogen and oxygen atoms in total. The van der Waals surface area contributed by atoms with Crippen molar-refractivity contribution in [2.24, 2.45) is 0 Å². The fourth-order valence-electron chi connectivity index (χ4n) is 2.95. The highest BCUT2D eigenvalue weighted by Gasteiger charge is 2.22. The first-order valence-electron chi connectivity index (χ1n) is 8.18. The van der Waals surface area contributed by atoms with Gasteiger partial charge in [-0.2, -0.15) is 0 Å². The van der Waals surface area contributed by atoms with Crippen LogP contribution in [0.5, 0.6) is 5.88 Å². The quantitative estimate of drug-likeness (QED) is 0.651. The molecule has 0 bridgehead atoms. The van der Waals surface area contributed by atoms with Crippen molar-refractivity contribution < 1.29 is 13.9 Å². The van der Waals surface area contributed by atoms with Crippen LogP contribution in [-0.2, 0) is 11.3 Å². The number of ether oxygens (including phenoxy) is 2. The van der Waals surface area contributed by atoms with Gasteiger partial charge in [-0.25, -0.2) is 9.97 Å². The van der Waals surface area contributed by atoms with Gasteiger partial charge in [0, 0.05) is 13.1 Å². The molecule has 7 heteroatoms. The van der Waals surface area contributed by atoms with Crippen molar-refractivity contribution in [1.29, 1.82) is 0 Å². The summed E-state index contributed by atoms with van der Waals surface area (Å²) < 4.78 is 18.1. The number of nitrogens with zero attached hydrogens (tertiary/aromatic N) is 3. The number of rotatable bonds is 5. The summed E-state index contributed by atoms with van der Waals surface area (Å²) in [5.41, 5.74) is 0.877. The first-order valence-corrected chi connectivity index (χ1v) is 8.98. The molecular formula is C18H18BrN3O3. The molecule has 1 atom stereocenters. The zero-order valence-corrected chi connectivity index (χ0v) is 15.2. The predicted molar refractivity (Wildman–Crippen MR) is 96.5 cm³/mol. The maximum atomic E-state index is 5.93. The van der Waals surface area contributed by atoms with Crippen LogP contribution in [0.3, 0.4) is 0 Å². The van der Waals surface area contributed by atoms with Gasteiger partial charge in [0.2, 0.25) is 5.88 Å². The van der Waals surface area contributed by atoms with Gasteiger partial charge in [0.05, 0.1) is 24.1 Å². The van der Waals surface area contributed by atoms with Gasteiger partial charge in [0.15, 0.2) is 4.67 Å². The molecule has 1 saturated heterocycles. The monoisotopic (exact) mass is 403 g/mol. The van der Waals surface area contributed by atoms with E-state index in [2.05, 4.69) is 30.8 Å². The van der Waals surface area contributed by atoms with Crippen LogP contribution in [0, 0.1) is 0 Å². The fraction of sp³-hybridized carbons (Fsp3) is 0.333. The molecule has 25 heavy (non-hydrogen) atoms. The number of fused-ring (bicyclic) bond motifs is 1. The number of para-hydroxylation sites is 1. The molecule has 0 saturated carbocycles. The minimum absolute atomic E-state index is 0.000815. The topological polar surface area (TPSA) is 60.6 Å². The summed E-state index contributed by atoms with van der Waals surface area (Å²) in [5.74, 6) is 1.54. The van der Waals surface area contributed by atoms with E-state index < -0.39 is 0 Å². The van der Waals surface area contributed by atoms with Gasteiger partial charge >= 0.3 is 0 Å². The van der Waals surface area contributed by atoms with Gasteiger partial charge in [-0.15, -0.1) is 0 Å². The van der Waals surface area contributed by atoms with Crippen LogP contribution >= 0.6 is 15.9 Å². The average molecular weight is 404 g/mol. The van der Waals surface area contributed by atoms with Gasteiger partial charge in [-0.1, -0.05) is 12.1 Å². The molecular weight excluding hydrogens is 386 g/mol. The lowest BCUT2D eigenvalue weighted by molar-refractivity contribution is -0.0522. The molecule has 0 N–H and O–H groups in total. The Hall–Kier alpha value is -1.96. The minimum atomic E-state index is 0.000815. The number of furan rings is 1. The molecule has 1 aliphatic heterocycles. The van der Waals surface area contributed by atoms with Crippen molar-refractivity contribution >= 4 is 26.8 Å². The summed E-state index contributed by atoms with van der Waals surface area (Å²) in [6.45, 7) is 3.58. The van der Waals surface area contributed by atoms with Gasteiger partial charge in [0.1, 0.15) is 24.8 Å². The molecule has 1 aromatic carbocycles. The number of halogens is 1. The van der Waals surface area contributed by atoms with E-state index in [0.29, 0.717) is 19.1 Å². The summed E-state index contributed by atoms with van der Waals surface area (Å²) in [4.78, 5) is 10.8. The highest BCUT2D eigenvalue weighted by Crippen LogP contribution is 2.21. The Kier molecular flexibility index (Phi) is 4.96. The zero-order chi connectivity index (χ0) is 17.1. The summed E-state index contributed by atoms with van der Waals surface area (Å²) >= 11 is 3.34. The SMILES string of the molecule is Brc1ccc(CN2CCOC(COc3ncnc4ccccc34)C2)o1. The van der Waals surface area contributed by atoms with Crippen LogP contribution in [0.25, 0.3) is 10.9 Å². The Balaban J connectivity index is 1.37. The lowest BCUT2D eigenvalue weighted by atomic mass is 10.2. The highest BCUT2D eigenvalue weighted by atomic mass is 79.9. The van der Waals surface area contributed by atoms with Crippen molar-refractivity contribution in [3.05, 3.63) is 53.2 Å². The molecule has 1 unspecified atom stereocenters. The van der Waals surface area contributed by atoms with E-state index in [1.165, 1.54) is 6.33 Å². The van der Waals surface area contributed by atoms with E-state index in [1.54, 1.807) is 0 Å². The molecule has 0 radical (unpaired) electrons. The third kappa shape index (κ3) is 4.00. The largest absolute Gasteiger partial charge is 0.474 e. The Bertz CT molecular complexity index is 849. The molecule has 2 aromatic heterocycles. The number of morpholine rings is 1. The average Bonchev–Trinajstić information content (AvgIpc) is 3.05. The van der Waals surface area contributed by atoms with Gasteiger partial charge in [-0.3, -0.25) is 4.90 Å². The second-order valence-corrected chi connectivity index (χ2v) is 6.72. The molecule has 0 aliphatic carbocycles. The molecule has 1 fully saturated rings. The third-order valence-corrected chi connectivity index (χ3v) is 4.57. The second kappa shape index (κ2) is 7.51. The fourth-order valence-corrected chi connectivity index (χ4v) is 3.29. The van der Waals surface area contributed by atoms with Crippen molar-refractivity contribution in [3.63, 3.8) is 0 Å². The number of hydrogen-bond donors (Lipinski definition) is 0. The molecule has 4 rings (SSSR count). The molecule has 130 valence electrons. The van der Waals surface area contributed by atoms with Gasteiger partial charge in [0.25, 0.3) is 0 Å². The lowest BCUT2D eigenvalue weighted by Gasteiger charge is -2.32. The van der Waals surface area contributed by atoms with Crippen LogP contribution in [0.2, 0.25) is 0 Å². The van der Waals surface area contributed by atoms with Gasteiger partial charge in [-0.05, 0) is 40.2 Å². The standard InChI is InChI=1S/C18H18BrN3O3/c19-17-6-5-13(25-17)9-22-7-8-23-14(10-22)11-24-18-15-3-1-2-4-16(15)20-12-21-18/h1-6,12,14H,7-11H2. The summed E-state index contributed by atoms with van der Waals surface area (Å²) in [6, 6.07) is 11.7. The van der Waals surface area contributed by atoms with Crippen molar-refractivity contribution in [3.8, 4) is 5.88 Å². The smallest absolute Gasteiger partial charge is 0.224 e. The minimum Gasteiger partial charge on any atom is -0.474 e. The lowest BCUT2D eigenvalue weighted by Crippen LogP contribution is -2.44. The van der Waals surface area contributed by atoms with Gasteiger partial charge < -0.3 is 13.9 Å². The van der Waals surface area contributed by atoms with E-state index in [9.17, 15) is 0 Å². The van der Waals surface area contributed by atoms with Crippen LogP contribution in [0.4, 0.5) is 0 Å². The van der Waals surface area contributed by atoms with Crippen LogP contribution in [0.1, 0.15) is 5.76 Å². The maximum absolute atomic E-state index is 5.93. The molecule has 1 aliphatic rings.